The number of phosphoric acid groups is 4. The van der Waals surface area contributed by atoms with Crippen molar-refractivity contribution >= 4 is 88.7 Å². The molecule has 0 amide bonds. The predicted octanol–water partition coefficient (Wildman–Crippen LogP) is 3.75. The Kier molecular flexibility index (Phi) is 10.5. The van der Waals surface area contributed by atoms with E-state index in [0.29, 0.717) is 28.1 Å². The minimum absolute atomic E-state index is 0.00470. The van der Waals surface area contributed by atoms with Crippen molar-refractivity contribution in [3.63, 3.8) is 0 Å². The van der Waals surface area contributed by atoms with Gasteiger partial charge in [-0.1, -0.05) is 37.0 Å². The molecule has 3 aromatic rings. The van der Waals surface area contributed by atoms with Crippen molar-refractivity contribution in [2.75, 3.05) is 12.3 Å². The first-order chi connectivity index (χ1) is 24.4. The van der Waals surface area contributed by atoms with Crippen molar-refractivity contribution < 1.29 is 74.8 Å². The fourth-order valence-electron chi connectivity index (χ4n) is 5.85. The molecule has 3 unspecified atom stereocenters. The second-order valence-corrected chi connectivity index (χ2v) is 18.8. The number of aliphatic hydroxyl groups excluding tert-OH is 1. The molecule has 22 nitrogen and oxygen atoms in total. The molecule has 286 valence electrons. The van der Waals surface area contributed by atoms with Crippen LogP contribution in [0.4, 0.5) is 11.5 Å². The number of allylic oxidation sites excluding steroid dienone is 4. The number of anilines is 1. The SMILES string of the molecule is CC1(C)C2=C(Cl)C(=O)C(Cl)=CC2=Nc2ccc(-c3nc4c(N)ncnc4n3[C@H]3C[C@H](O)[C@@H](COP(=O)(O)OP(=O)(O)OP(=O)(O)OP(=O)(O)O)O3)cc21. The fraction of sp³-hybridized carbons (Fsp3) is 0.320. The number of ether oxygens (including phenoxy) is 1. The van der Waals surface area contributed by atoms with Gasteiger partial charge in [-0.15, -0.1) is 0 Å². The lowest BCUT2D eigenvalue weighted by molar-refractivity contribution is -0.111. The van der Waals surface area contributed by atoms with E-state index in [0.717, 1.165) is 6.33 Å². The molecule has 4 heterocycles. The number of carbonyl (C=O) groups is 1. The van der Waals surface area contributed by atoms with Crippen LogP contribution in [0, 0.1) is 0 Å². The number of hydrogen-bond donors (Lipinski definition) is 7. The number of imidazole rings is 1. The van der Waals surface area contributed by atoms with Crippen LogP contribution in [-0.4, -0.2) is 79.4 Å². The zero-order chi connectivity index (χ0) is 39.1. The summed E-state index contributed by atoms with van der Waals surface area (Å²) in [5.74, 6) is -0.342. The number of carbonyl (C=O) groups excluding carboxylic acids is 1. The van der Waals surface area contributed by atoms with Crippen LogP contribution in [0.2, 0.25) is 0 Å². The standard InChI is InChI=1S/C25H26Cl2N6O16P4/c1-25(2)11-5-10(3-4-13(11)31-14-6-12(26)21(35)19(27)18(14)25)23-32-20-22(28)29-9-30-24(20)33(23)17-7-15(34)16(46-17)8-45-51(39,40)48-53(43,44)49-52(41,42)47-50(36,37)38/h3-6,9,15-17,34H,7-8H2,1-2H3,(H,39,40)(H,41,42)(H,43,44)(H2,28,29,30)(H2,36,37,38)/t15-,16+,17+/m0/s1. The Labute approximate surface area is 306 Å². The van der Waals surface area contributed by atoms with Crippen LogP contribution < -0.4 is 5.73 Å². The normalized spacial score (nSPS) is 24.9. The second-order valence-electron chi connectivity index (χ2n) is 12.0. The van der Waals surface area contributed by atoms with E-state index in [4.69, 9.17) is 43.5 Å². The summed E-state index contributed by atoms with van der Waals surface area (Å²) in [6.45, 7) is 2.71. The quantitative estimate of drug-likeness (QED) is 0.107. The topological polar surface area (TPSA) is 335 Å². The maximum absolute atomic E-state index is 12.7. The maximum atomic E-state index is 12.7. The van der Waals surface area contributed by atoms with E-state index in [1.807, 2.05) is 13.8 Å². The lowest BCUT2D eigenvalue weighted by atomic mass is 9.71. The summed E-state index contributed by atoms with van der Waals surface area (Å²) in [5, 5.41) is 10.7. The van der Waals surface area contributed by atoms with E-state index in [1.165, 1.54) is 10.6 Å². The van der Waals surface area contributed by atoms with Crippen molar-refractivity contribution in [2.24, 2.45) is 4.99 Å². The van der Waals surface area contributed by atoms with Gasteiger partial charge in [0.25, 0.3) is 0 Å². The van der Waals surface area contributed by atoms with Crippen LogP contribution in [0.1, 0.15) is 32.1 Å². The molecule has 8 N–H and O–H groups in total. The number of nitrogens with zero attached hydrogens (tertiary/aromatic N) is 5. The Hall–Kier alpha value is -2.55. The second kappa shape index (κ2) is 13.9. The number of nitrogens with two attached hydrogens (primary N) is 1. The summed E-state index contributed by atoms with van der Waals surface area (Å²) < 4.78 is 69.9. The molecule has 1 saturated heterocycles. The summed E-state index contributed by atoms with van der Waals surface area (Å²) in [5.41, 5.74) is 8.11. The highest BCUT2D eigenvalue weighted by Gasteiger charge is 2.46. The van der Waals surface area contributed by atoms with Gasteiger partial charge < -0.3 is 40.0 Å². The number of fused-ring (bicyclic) bond motifs is 3. The zero-order valence-corrected chi connectivity index (χ0v) is 31.7. The van der Waals surface area contributed by atoms with Crippen LogP contribution in [0.25, 0.3) is 22.6 Å². The van der Waals surface area contributed by atoms with Crippen molar-refractivity contribution in [1.82, 2.24) is 19.5 Å². The first-order valence-electron chi connectivity index (χ1n) is 14.6. The number of Topliss-reactive ketones (excluding diaryl/α,β-unsaturated/α-hetero) is 1. The van der Waals surface area contributed by atoms with Gasteiger partial charge in [0.05, 0.1) is 34.2 Å². The van der Waals surface area contributed by atoms with Crippen LogP contribution in [0.3, 0.4) is 0 Å². The number of rotatable bonds is 11. The summed E-state index contributed by atoms with van der Waals surface area (Å²) in [4.78, 5) is 76.4. The largest absolute Gasteiger partial charge is 0.490 e. The highest BCUT2D eigenvalue weighted by atomic mass is 35.5. The number of aliphatic hydroxyl groups is 1. The van der Waals surface area contributed by atoms with Crippen molar-refractivity contribution in [2.45, 2.75) is 44.1 Å². The van der Waals surface area contributed by atoms with Crippen molar-refractivity contribution in [3.8, 4) is 11.4 Å². The van der Waals surface area contributed by atoms with Gasteiger partial charge in [0.2, 0.25) is 5.78 Å². The molecule has 0 radical (unpaired) electrons. The maximum Gasteiger partial charge on any atom is 0.490 e. The molecule has 0 saturated carbocycles. The molecule has 6 rings (SSSR count). The number of aromatic nitrogens is 4. The van der Waals surface area contributed by atoms with Crippen molar-refractivity contribution in [1.29, 1.82) is 0 Å². The van der Waals surface area contributed by atoms with Crippen LogP contribution in [-0.2, 0) is 50.7 Å². The number of benzene rings is 1. The molecule has 53 heavy (non-hydrogen) atoms. The first kappa shape index (κ1) is 40.1. The van der Waals surface area contributed by atoms with Crippen LogP contribution in [0.15, 0.2) is 51.2 Å². The van der Waals surface area contributed by atoms with Gasteiger partial charge in [0, 0.05) is 23.0 Å². The number of phosphoric ester groups is 1. The molecule has 3 aliphatic rings. The third-order valence-electron chi connectivity index (χ3n) is 7.97. The third kappa shape index (κ3) is 8.21. The average molecular weight is 861 g/mol. The smallest absolute Gasteiger partial charge is 0.390 e. The van der Waals surface area contributed by atoms with Gasteiger partial charge in [-0.2, -0.15) is 12.9 Å². The summed E-state index contributed by atoms with van der Waals surface area (Å²) in [6, 6.07) is 5.15. The van der Waals surface area contributed by atoms with Gasteiger partial charge in [0.1, 0.15) is 24.5 Å². The van der Waals surface area contributed by atoms with E-state index < -0.39 is 67.5 Å². The Morgan fingerprint density at radius 1 is 1.02 bits per heavy atom. The Balaban J connectivity index is 1.28. The van der Waals surface area contributed by atoms with Gasteiger partial charge in [0.15, 0.2) is 17.0 Å². The number of hydrogen-bond acceptors (Lipinski definition) is 16. The van der Waals surface area contributed by atoms with Gasteiger partial charge >= 0.3 is 31.3 Å². The van der Waals surface area contributed by atoms with Crippen molar-refractivity contribution in [3.05, 3.63) is 51.8 Å². The molecule has 0 spiro atoms. The highest BCUT2D eigenvalue weighted by Crippen LogP contribution is 2.70. The molecule has 0 bridgehead atoms. The van der Waals surface area contributed by atoms with Gasteiger partial charge in [-0.25, -0.2) is 38.2 Å². The molecule has 1 fully saturated rings. The van der Waals surface area contributed by atoms with E-state index in [1.54, 1.807) is 18.2 Å². The highest BCUT2D eigenvalue weighted by molar-refractivity contribution is 7.69. The van der Waals surface area contributed by atoms with E-state index >= 15 is 0 Å². The summed E-state index contributed by atoms with van der Waals surface area (Å²) >= 11 is 12.6. The molecule has 1 aliphatic carbocycles. The summed E-state index contributed by atoms with van der Waals surface area (Å²) in [7, 11) is -23.5. The number of aliphatic imine (C=N–C) groups is 1. The third-order valence-corrected chi connectivity index (χ3v) is 14.1. The van der Waals surface area contributed by atoms with E-state index in [9.17, 15) is 42.8 Å². The van der Waals surface area contributed by atoms with Gasteiger partial charge in [-0.3, -0.25) is 13.9 Å². The first-order valence-corrected chi connectivity index (χ1v) is 21.4. The Morgan fingerprint density at radius 2 is 1.68 bits per heavy atom. The Bertz CT molecular complexity index is 2360. The zero-order valence-electron chi connectivity index (χ0n) is 26.7. The molecule has 28 heteroatoms. The lowest BCUT2D eigenvalue weighted by Crippen LogP contribution is -2.32. The molecule has 2 aromatic heterocycles. The van der Waals surface area contributed by atoms with Crippen LogP contribution in [0.5, 0.6) is 0 Å². The minimum atomic E-state index is -6.06. The molecule has 2 aliphatic heterocycles. The average Bonchev–Trinajstić information content (AvgIpc) is 3.57. The molecule has 6 atom stereocenters. The van der Waals surface area contributed by atoms with Crippen LogP contribution >= 0.6 is 54.5 Å². The molecular formula is C25H26Cl2N6O16P4. The predicted molar refractivity (Wildman–Crippen MR) is 182 cm³/mol. The van der Waals surface area contributed by atoms with Gasteiger partial charge in [-0.05, 0) is 29.8 Å². The molecular weight excluding hydrogens is 835 g/mol. The minimum Gasteiger partial charge on any atom is -0.390 e. The number of ketones is 1. The number of nitrogen functional groups attached to an aromatic ring is 1. The number of halogens is 2. The monoisotopic (exact) mass is 860 g/mol. The van der Waals surface area contributed by atoms with E-state index in [-0.39, 0.29) is 39.3 Å². The Morgan fingerprint density at radius 3 is 2.36 bits per heavy atom. The van der Waals surface area contributed by atoms with E-state index in [2.05, 4.69) is 37.4 Å². The fourth-order valence-corrected chi connectivity index (χ4v) is 11.0. The lowest BCUT2D eigenvalue weighted by Gasteiger charge is -2.36. The summed E-state index contributed by atoms with van der Waals surface area (Å²) in [6.07, 6.45) is -1.56. The molecule has 1 aromatic carbocycles.